The van der Waals surface area contributed by atoms with Gasteiger partial charge >= 0.3 is 0 Å². The highest BCUT2D eigenvalue weighted by Crippen LogP contribution is 2.36. The minimum absolute atomic E-state index is 0. The average molecular weight is 525 g/mol. The summed E-state index contributed by atoms with van der Waals surface area (Å²) in [7, 11) is -4.15. The lowest BCUT2D eigenvalue weighted by atomic mass is 9.93. The van der Waals surface area contributed by atoms with Crippen molar-refractivity contribution in [2.24, 2.45) is 5.14 Å². The van der Waals surface area contributed by atoms with Crippen LogP contribution in [0.25, 0.3) is 10.8 Å². The number of aromatic amines is 1. The second-order valence-corrected chi connectivity index (χ2v) is 9.01. The summed E-state index contributed by atoms with van der Waals surface area (Å²) in [6.45, 7) is 0. The molecular formula is C23H20ClF3N4O3S. The number of H-pyrrole nitrogens is 1. The Morgan fingerprint density at radius 3 is 2.31 bits per heavy atom. The molecule has 3 aromatic carbocycles. The highest BCUT2D eigenvalue weighted by Gasteiger charge is 2.35. The van der Waals surface area contributed by atoms with Crippen LogP contribution in [0.1, 0.15) is 22.4 Å². The molecule has 12 heteroatoms. The molecule has 35 heavy (non-hydrogen) atoms. The summed E-state index contributed by atoms with van der Waals surface area (Å²) in [5.74, 6) is -4.65. The first-order chi connectivity index (χ1) is 16.0. The van der Waals surface area contributed by atoms with Gasteiger partial charge in [-0.05, 0) is 35.4 Å². The SMILES string of the molecule is Cl.NS(=O)(=O)Nc1ccc(Cc2n[nH]c(=O)c3ccccc23)c(CC(F)(F)c2ccccc2F)c1. The summed E-state index contributed by atoms with van der Waals surface area (Å²) in [5, 5.41) is 12.4. The maximum Gasteiger partial charge on any atom is 0.296 e. The van der Waals surface area contributed by atoms with Gasteiger partial charge in [-0.1, -0.05) is 42.5 Å². The minimum Gasteiger partial charge on any atom is -0.271 e. The van der Waals surface area contributed by atoms with Gasteiger partial charge in [-0.2, -0.15) is 13.5 Å². The van der Waals surface area contributed by atoms with Gasteiger partial charge < -0.3 is 0 Å². The minimum atomic E-state index is -4.15. The predicted molar refractivity (Wildman–Crippen MR) is 130 cm³/mol. The Kier molecular flexibility index (Phi) is 7.53. The van der Waals surface area contributed by atoms with E-state index in [0.29, 0.717) is 22.0 Å². The number of fused-ring (bicyclic) bond motifs is 1. The van der Waals surface area contributed by atoms with Crippen molar-refractivity contribution in [3.63, 3.8) is 0 Å². The van der Waals surface area contributed by atoms with Crippen molar-refractivity contribution in [3.05, 3.63) is 105 Å². The third-order valence-electron chi connectivity index (χ3n) is 5.28. The molecule has 0 fully saturated rings. The molecule has 0 amide bonds. The molecule has 0 radical (unpaired) electrons. The number of nitrogens with one attached hydrogen (secondary N) is 2. The molecule has 0 spiro atoms. The lowest BCUT2D eigenvalue weighted by Crippen LogP contribution is -2.23. The largest absolute Gasteiger partial charge is 0.296 e. The van der Waals surface area contributed by atoms with Crippen LogP contribution >= 0.6 is 12.4 Å². The number of aromatic nitrogens is 2. The van der Waals surface area contributed by atoms with Crippen LogP contribution in [0.2, 0.25) is 0 Å². The lowest BCUT2D eigenvalue weighted by Gasteiger charge is -2.20. The smallest absolute Gasteiger partial charge is 0.271 e. The summed E-state index contributed by atoms with van der Waals surface area (Å²) in [6.07, 6.45) is -0.861. The molecule has 1 aromatic heterocycles. The lowest BCUT2D eigenvalue weighted by molar-refractivity contribution is -0.00746. The van der Waals surface area contributed by atoms with Gasteiger partial charge in [0.25, 0.3) is 21.7 Å². The molecular weight excluding hydrogens is 505 g/mol. The molecule has 4 N–H and O–H groups in total. The topological polar surface area (TPSA) is 118 Å². The third kappa shape index (κ3) is 5.99. The van der Waals surface area contributed by atoms with E-state index in [9.17, 15) is 17.6 Å². The van der Waals surface area contributed by atoms with Crippen molar-refractivity contribution >= 4 is 39.1 Å². The van der Waals surface area contributed by atoms with Gasteiger partial charge in [-0.3, -0.25) is 9.52 Å². The summed E-state index contributed by atoms with van der Waals surface area (Å²) < 4.78 is 69.3. The third-order valence-corrected chi connectivity index (χ3v) is 5.80. The van der Waals surface area contributed by atoms with Crippen molar-refractivity contribution in [3.8, 4) is 0 Å². The monoisotopic (exact) mass is 524 g/mol. The van der Waals surface area contributed by atoms with Crippen molar-refractivity contribution in [2.75, 3.05) is 4.72 Å². The number of hydrogen-bond donors (Lipinski definition) is 3. The second kappa shape index (κ2) is 10.1. The Hall–Kier alpha value is -3.41. The average Bonchev–Trinajstić information content (AvgIpc) is 2.76. The number of anilines is 1. The van der Waals surface area contributed by atoms with Crippen molar-refractivity contribution in [1.29, 1.82) is 0 Å². The second-order valence-electron chi connectivity index (χ2n) is 7.71. The zero-order valence-corrected chi connectivity index (χ0v) is 19.6. The Morgan fingerprint density at radius 1 is 0.971 bits per heavy atom. The normalized spacial score (nSPS) is 11.8. The molecule has 0 atom stereocenters. The number of rotatable bonds is 7. The highest BCUT2D eigenvalue weighted by atomic mass is 35.5. The first-order valence-electron chi connectivity index (χ1n) is 10.0. The van der Waals surface area contributed by atoms with Gasteiger partial charge in [0.2, 0.25) is 0 Å². The van der Waals surface area contributed by atoms with E-state index in [1.165, 1.54) is 30.3 Å². The fourth-order valence-corrected chi connectivity index (χ4v) is 4.23. The van der Waals surface area contributed by atoms with E-state index < -0.39 is 39.5 Å². The summed E-state index contributed by atoms with van der Waals surface area (Å²) in [5.41, 5.74) is -0.320. The standard InChI is InChI=1S/C23H19F3N4O3S.ClH/c24-20-8-4-3-7-19(20)23(25,26)13-15-11-16(30-34(27,32)33)10-9-14(15)12-21-17-5-1-2-6-18(17)22(31)29-28-21;/h1-11,30H,12-13H2,(H,29,31)(H2,27,32,33);1H. The number of nitrogens with two attached hydrogens (primary N) is 1. The van der Waals surface area contributed by atoms with Gasteiger partial charge in [0.15, 0.2) is 0 Å². The zero-order valence-electron chi connectivity index (χ0n) is 18.0. The first kappa shape index (κ1) is 26.2. The van der Waals surface area contributed by atoms with Crippen LogP contribution in [0, 0.1) is 5.82 Å². The maximum absolute atomic E-state index is 15.1. The van der Waals surface area contributed by atoms with Crippen molar-refractivity contribution in [2.45, 2.75) is 18.8 Å². The molecule has 7 nitrogen and oxygen atoms in total. The van der Waals surface area contributed by atoms with E-state index in [0.717, 1.165) is 12.1 Å². The number of nitrogens with zero attached hydrogens (tertiary/aromatic N) is 1. The van der Waals surface area contributed by atoms with Crippen LogP contribution in [-0.4, -0.2) is 18.6 Å². The molecule has 0 unspecified atom stereocenters. The zero-order chi connectivity index (χ0) is 24.5. The fourth-order valence-electron chi connectivity index (χ4n) is 3.77. The van der Waals surface area contributed by atoms with E-state index in [1.54, 1.807) is 24.3 Å². The molecule has 0 saturated carbocycles. The number of alkyl halides is 2. The van der Waals surface area contributed by atoms with Crippen molar-refractivity contribution in [1.82, 2.24) is 10.2 Å². The van der Waals surface area contributed by atoms with E-state index >= 15 is 8.78 Å². The van der Waals surface area contributed by atoms with E-state index in [-0.39, 0.29) is 30.1 Å². The van der Waals surface area contributed by atoms with Crippen LogP contribution in [-0.2, 0) is 29.0 Å². The Morgan fingerprint density at radius 2 is 1.63 bits per heavy atom. The molecule has 1 heterocycles. The molecule has 0 aliphatic heterocycles. The van der Waals surface area contributed by atoms with Crippen LogP contribution < -0.4 is 15.4 Å². The maximum atomic E-state index is 15.1. The van der Waals surface area contributed by atoms with Gasteiger partial charge in [0, 0.05) is 18.2 Å². The highest BCUT2D eigenvalue weighted by molar-refractivity contribution is 7.90. The molecule has 0 bridgehead atoms. The van der Waals surface area contributed by atoms with Gasteiger partial charge in [-0.15, -0.1) is 12.4 Å². The Balaban J connectivity index is 0.00000342. The summed E-state index contributed by atoms with van der Waals surface area (Å²) in [6, 6.07) is 15.3. The van der Waals surface area contributed by atoms with E-state index in [1.807, 2.05) is 0 Å². The Labute approximate surface area is 204 Å². The number of halogens is 4. The summed E-state index contributed by atoms with van der Waals surface area (Å²) in [4.78, 5) is 12.1. The summed E-state index contributed by atoms with van der Waals surface area (Å²) >= 11 is 0. The van der Waals surface area contributed by atoms with E-state index in [4.69, 9.17) is 5.14 Å². The quantitative estimate of drug-likeness (QED) is 0.338. The van der Waals surface area contributed by atoms with Crippen LogP contribution in [0.15, 0.2) is 71.5 Å². The van der Waals surface area contributed by atoms with Crippen LogP contribution in [0.4, 0.5) is 18.9 Å². The van der Waals surface area contributed by atoms with E-state index in [2.05, 4.69) is 14.9 Å². The molecule has 184 valence electrons. The number of hydrogen-bond acceptors (Lipinski definition) is 4. The van der Waals surface area contributed by atoms with Crippen LogP contribution in [0.5, 0.6) is 0 Å². The van der Waals surface area contributed by atoms with Crippen molar-refractivity contribution < 1.29 is 21.6 Å². The van der Waals surface area contributed by atoms with Gasteiger partial charge in [0.05, 0.1) is 22.3 Å². The Bertz CT molecular complexity index is 1540. The van der Waals surface area contributed by atoms with Gasteiger partial charge in [-0.25, -0.2) is 23.4 Å². The molecule has 0 aliphatic rings. The molecule has 4 rings (SSSR count). The first-order valence-corrected chi connectivity index (χ1v) is 11.6. The molecule has 0 saturated heterocycles. The number of benzene rings is 3. The van der Waals surface area contributed by atoms with Crippen LogP contribution in [0.3, 0.4) is 0 Å². The molecule has 4 aromatic rings. The van der Waals surface area contributed by atoms with Gasteiger partial charge in [0.1, 0.15) is 5.82 Å². The molecule has 0 aliphatic carbocycles. The fraction of sp³-hybridized carbons (Fsp3) is 0.130. The predicted octanol–water partition coefficient (Wildman–Crippen LogP) is 4.02.